The predicted octanol–water partition coefficient (Wildman–Crippen LogP) is 4.03. The van der Waals surface area contributed by atoms with Crippen LogP contribution in [0.3, 0.4) is 0 Å². The second-order valence-corrected chi connectivity index (χ2v) is 12.4. The fraction of sp³-hybridized carbons (Fsp3) is 0.208. The lowest BCUT2D eigenvalue weighted by atomic mass is 10.2. The van der Waals surface area contributed by atoms with E-state index in [0.717, 1.165) is 33.0 Å². The van der Waals surface area contributed by atoms with E-state index in [1.807, 2.05) is 4.72 Å². The maximum Gasteiger partial charge on any atom is 0.333 e. The van der Waals surface area contributed by atoms with Crippen LogP contribution in [0.4, 0.5) is 16.2 Å². The minimum Gasteiger partial charge on any atom is -0.385 e. The highest BCUT2D eigenvalue weighted by molar-refractivity contribution is 7.92. The van der Waals surface area contributed by atoms with Gasteiger partial charge in [0, 0.05) is 22.8 Å². The Labute approximate surface area is 220 Å². The first-order chi connectivity index (χ1) is 17.6. The molecule has 0 radical (unpaired) electrons. The van der Waals surface area contributed by atoms with Gasteiger partial charge in [0.25, 0.3) is 15.6 Å². The maximum atomic E-state index is 13.2. The van der Waals surface area contributed by atoms with Gasteiger partial charge in [-0.3, -0.25) is 4.79 Å². The summed E-state index contributed by atoms with van der Waals surface area (Å²) >= 11 is 7.40. The summed E-state index contributed by atoms with van der Waals surface area (Å²) in [5.74, 6) is 0.670. The van der Waals surface area contributed by atoms with Crippen molar-refractivity contribution in [3.05, 3.63) is 79.3 Å². The topological polar surface area (TPSA) is 142 Å². The van der Waals surface area contributed by atoms with Gasteiger partial charge < -0.3 is 15.6 Å². The maximum absolute atomic E-state index is 13.2. The number of urea groups is 1. The van der Waals surface area contributed by atoms with Crippen LogP contribution in [-0.4, -0.2) is 30.5 Å². The SMILES string of the molecule is Cc1ccc(S(=O)(=O)NC(=O)Nc2ccc(-n3c(=O)[nH]c4cc(NCC5CC5)ccc4c3=O)c(Cl)c2)s1. The molecule has 1 aliphatic carbocycles. The van der Waals surface area contributed by atoms with Gasteiger partial charge >= 0.3 is 11.7 Å². The highest BCUT2D eigenvalue weighted by Gasteiger charge is 2.21. The summed E-state index contributed by atoms with van der Waals surface area (Å²) in [5.41, 5.74) is 0.272. The highest BCUT2D eigenvalue weighted by atomic mass is 35.5. The molecule has 0 unspecified atom stereocenters. The monoisotopic (exact) mass is 559 g/mol. The van der Waals surface area contributed by atoms with Crippen LogP contribution in [0, 0.1) is 12.8 Å². The number of nitrogens with zero attached hydrogens (tertiary/aromatic N) is 1. The van der Waals surface area contributed by atoms with Gasteiger partial charge in [-0.25, -0.2) is 27.3 Å². The van der Waals surface area contributed by atoms with Crippen LogP contribution in [0.15, 0.2) is 62.3 Å². The second kappa shape index (κ2) is 9.69. The number of aromatic amines is 1. The number of hydrogen-bond acceptors (Lipinski definition) is 7. The highest BCUT2D eigenvalue weighted by Crippen LogP contribution is 2.29. The number of carbonyl (C=O) groups excluding carboxylic acids is 1. The van der Waals surface area contributed by atoms with Crippen LogP contribution in [-0.2, 0) is 10.0 Å². The van der Waals surface area contributed by atoms with Crippen molar-refractivity contribution in [1.82, 2.24) is 14.3 Å². The average Bonchev–Trinajstić information content (AvgIpc) is 3.55. The van der Waals surface area contributed by atoms with E-state index >= 15 is 0 Å². The number of rotatable bonds is 7. The van der Waals surface area contributed by atoms with E-state index in [-0.39, 0.29) is 20.6 Å². The van der Waals surface area contributed by atoms with Crippen molar-refractivity contribution in [3.63, 3.8) is 0 Å². The molecule has 5 rings (SSSR count). The number of carbonyl (C=O) groups is 1. The Morgan fingerprint density at radius 1 is 1.11 bits per heavy atom. The van der Waals surface area contributed by atoms with Crippen molar-refractivity contribution in [3.8, 4) is 5.69 Å². The van der Waals surface area contributed by atoms with E-state index < -0.39 is 27.3 Å². The molecule has 1 saturated carbocycles. The lowest BCUT2D eigenvalue weighted by Gasteiger charge is -2.12. The fourth-order valence-electron chi connectivity index (χ4n) is 3.78. The van der Waals surface area contributed by atoms with Gasteiger partial charge in [0.05, 0.1) is 21.6 Å². The number of halogens is 1. The first-order valence-corrected chi connectivity index (χ1v) is 14.0. The molecule has 4 aromatic rings. The summed E-state index contributed by atoms with van der Waals surface area (Å²) in [6.07, 6.45) is 2.41. The lowest BCUT2D eigenvalue weighted by Crippen LogP contribution is -2.34. The molecular formula is C24H22ClN5O5S2. The number of benzene rings is 2. The van der Waals surface area contributed by atoms with Gasteiger partial charge in [0.15, 0.2) is 0 Å². The normalized spacial score (nSPS) is 13.5. The minimum absolute atomic E-state index is 0.00390. The Bertz CT molecular complexity index is 1760. The molecule has 0 saturated heterocycles. The summed E-state index contributed by atoms with van der Waals surface area (Å²) in [5, 5.41) is 6.02. The third kappa shape index (κ3) is 5.41. The van der Waals surface area contributed by atoms with Gasteiger partial charge in [0.2, 0.25) is 0 Å². The van der Waals surface area contributed by atoms with Crippen LogP contribution in [0.2, 0.25) is 5.02 Å². The van der Waals surface area contributed by atoms with Crippen LogP contribution in [0.25, 0.3) is 16.6 Å². The Morgan fingerprint density at radius 2 is 1.86 bits per heavy atom. The Hall–Kier alpha value is -3.61. The predicted molar refractivity (Wildman–Crippen MR) is 145 cm³/mol. The van der Waals surface area contributed by atoms with Crippen LogP contribution in [0.5, 0.6) is 0 Å². The number of hydrogen-bond donors (Lipinski definition) is 4. The van der Waals surface area contributed by atoms with Crippen molar-refractivity contribution >= 4 is 61.3 Å². The molecule has 0 atom stereocenters. The van der Waals surface area contributed by atoms with Crippen molar-refractivity contribution in [1.29, 1.82) is 0 Å². The van der Waals surface area contributed by atoms with Crippen LogP contribution < -0.4 is 26.6 Å². The van der Waals surface area contributed by atoms with Gasteiger partial charge in [-0.2, -0.15) is 0 Å². The van der Waals surface area contributed by atoms with Crippen molar-refractivity contribution in [2.24, 2.45) is 5.92 Å². The summed E-state index contributed by atoms with van der Waals surface area (Å²) in [6, 6.07) is 11.3. The zero-order valence-electron chi connectivity index (χ0n) is 19.5. The second-order valence-electron chi connectivity index (χ2n) is 8.75. The van der Waals surface area contributed by atoms with Gasteiger partial charge in [-0.15, -0.1) is 11.3 Å². The Morgan fingerprint density at radius 3 is 2.54 bits per heavy atom. The smallest absolute Gasteiger partial charge is 0.333 e. The number of aryl methyl sites for hydroxylation is 1. The molecule has 1 aliphatic rings. The van der Waals surface area contributed by atoms with Crippen LogP contribution in [0.1, 0.15) is 17.7 Å². The summed E-state index contributed by atoms with van der Waals surface area (Å²) < 4.78 is 27.6. The van der Waals surface area contributed by atoms with E-state index in [2.05, 4.69) is 15.6 Å². The standard InChI is InChI=1S/C24H22ClN5O5S2/c1-13-2-9-21(36-13)37(34,35)29-23(32)27-16-6-8-20(18(25)10-16)30-22(31)17-7-5-15(26-12-14-3-4-14)11-19(17)28-24(30)33/h2,5-11,14,26H,3-4,12H2,1H3,(H,28,33)(H2,27,29,32). The summed E-state index contributed by atoms with van der Waals surface area (Å²) in [6.45, 7) is 2.60. The number of sulfonamides is 1. The number of thiophene rings is 1. The van der Waals surface area contributed by atoms with Crippen molar-refractivity contribution < 1.29 is 13.2 Å². The van der Waals surface area contributed by atoms with E-state index in [4.69, 9.17) is 11.6 Å². The van der Waals surface area contributed by atoms with E-state index in [9.17, 15) is 22.8 Å². The largest absolute Gasteiger partial charge is 0.385 e. The van der Waals surface area contributed by atoms with E-state index in [1.54, 1.807) is 31.2 Å². The van der Waals surface area contributed by atoms with Crippen molar-refractivity contribution in [2.45, 2.75) is 24.0 Å². The molecule has 10 nitrogen and oxygen atoms in total. The first-order valence-electron chi connectivity index (χ1n) is 11.3. The fourth-order valence-corrected chi connectivity index (χ4v) is 6.24. The average molecular weight is 560 g/mol. The molecule has 1 fully saturated rings. The van der Waals surface area contributed by atoms with Crippen molar-refractivity contribution in [2.75, 3.05) is 17.2 Å². The minimum atomic E-state index is -4.03. The van der Waals surface area contributed by atoms with E-state index in [1.165, 1.54) is 37.1 Å². The molecule has 192 valence electrons. The summed E-state index contributed by atoms with van der Waals surface area (Å²) in [4.78, 5) is 41.8. The molecule has 4 N–H and O–H groups in total. The Kier molecular flexibility index (Phi) is 6.56. The Balaban J connectivity index is 1.37. The van der Waals surface area contributed by atoms with E-state index in [0.29, 0.717) is 16.8 Å². The molecule has 0 bridgehead atoms. The van der Waals surface area contributed by atoms with Crippen LogP contribution >= 0.6 is 22.9 Å². The number of aromatic nitrogens is 2. The van der Waals surface area contributed by atoms with Gasteiger partial charge in [-0.05, 0) is 74.2 Å². The molecule has 2 aromatic heterocycles. The van der Waals surface area contributed by atoms with Gasteiger partial charge in [0.1, 0.15) is 4.21 Å². The number of H-pyrrole nitrogens is 1. The molecule has 2 heterocycles. The number of fused-ring (bicyclic) bond motifs is 1. The molecule has 13 heteroatoms. The zero-order chi connectivity index (χ0) is 26.3. The van der Waals surface area contributed by atoms with Gasteiger partial charge in [-0.1, -0.05) is 11.6 Å². The third-order valence-electron chi connectivity index (χ3n) is 5.84. The number of anilines is 2. The molecular weight excluding hydrogens is 538 g/mol. The summed E-state index contributed by atoms with van der Waals surface area (Å²) in [7, 11) is -4.03. The number of amides is 2. The molecule has 0 aliphatic heterocycles. The lowest BCUT2D eigenvalue weighted by molar-refractivity contribution is 0.256. The first kappa shape index (κ1) is 25.1. The third-order valence-corrected chi connectivity index (χ3v) is 8.97. The molecule has 0 spiro atoms. The zero-order valence-corrected chi connectivity index (χ0v) is 21.9. The molecule has 37 heavy (non-hydrogen) atoms. The number of nitrogens with one attached hydrogen (secondary N) is 4. The molecule has 2 amide bonds. The molecule has 2 aromatic carbocycles. The quantitative estimate of drug-likeness (QED) is 0.269.